The zero-order chi connectivity index (χ0) is 14.4. The first-order chi connectivity index (χ1) is 9.66. The molecule has 0 atom stereocenters. The largest absolute Gasteiger partial charge is 0.493 e. The van der Waals surface area contributed by atoms with Gasteiger partial charge in [0.1, 0.15) is 11.6 Å². The molecule has 1 aromatic carbocycles. The third-order valence-electron chi connectivity index (χ3n) is 3.56. The van der Waals surface area contributed by atoms with Crippen LogP contribution in [-0.4, -0.2) is 32.8 Å². The van der Waals surface area contributed by atoms with Gasteiger partial charge in [0.2, 0.25) is 0 Å². The van der Waals surface area contributed by atoms with Crippen LogP contribution in [0, 0.1) is 11.7 Å². The fraction of sp³-hybridized carbons (Fsp3) is 0.625. The lowest BCUT2D eigenvalue weighted by atomic mass is 10.1. The van der Waals surface area contributed by atoms with E-state index in [4.69, 9.17) is 4.74 Å². The highest BCUT2D eigenvalue weighted by molar-refractivity contribution is 5.50. The third-order valence-corrected chi connectivity index (χ3v) is 3.56. The molecule has 1 aliphatic rings. The van der Waals surface area contributed by atoms with Crippen LogP contribution in [0.5, 0.6) is 5.75 Å². The number of ether oxygens (including phenoxy) is 1. The van der Waals surface area contributed by atoms with Crippen LogP contribution in [0.3, 0.4) is 0 Å². The molecule has 1 aromatic rings. The second kappa shape index (κ2) is 7.48. The number of halogens is 1. The second-order valence-corrected chi connectivity index (χ2v) is 5.73. The van der Waals surface area contributed by atoms with Crippen LogP contribution >= 0.6 is 0 Å². The summed E-state index contributed by atoms with van der Waals surface area (Å²) in [6.45, 7) is 8.62. The smallest absolute Gasteiger partial charge is 0.150 e. The van der Waals surface area contributed by atoms with E-state index in [0.717, 1.165) is 39.0 Å². The Morgan fingerprint density at radius 2 is 2.15 bits per heavy atom. The van der Waals surface area contributed by atoms with E-state index in [1.807, 2.05) is 12.1 Å². The number of hydrogen-bond donors (Lipinski definition) is 1. The van der Waals surface area contributed by atoms with Crippen molar-refractivity contribution in [1.82, 2.24) is 5.32 Å². The molecule has 1 heterocycles. The molecule has 3 nitrogen and oxygen atoms in total. The van der Waals surface area contributed by atoms with Crippen molar-refractivity contribution in [3.8, 4) is 5.75 Å². The maximum absolute atomic E-state index is 14.2. The van der Waals surface area contributed by atoms with Gasteiger partial charge >= 0.3 is 0 Å². The van der Waals surface area contributed by atoms with Gasteiger partial charge < -0.3 is 15.0 Å². The minimum atomic E-state index is -0.186. The standard InChI is InChI=1S/C16H25FN2O/c1-13(2)6-11-20-14-4-5-16(15(17)12-14)19-9-3-7-18-8-10-19/h4-5,12-13,18H,3,6-11H2,1-2H3. The minimum absolute atomic E-state index is 0.186. The number of benzene rings is 1. The predicted molar refractivity (Wildman–Crippen MR) is 81.0 cm³/mol. The molecule has 0 aromatic heterocycles. The molecule has 2 rings (SSSR count). The van der Waals surface area contributed by atoms with E-state index >= 15 is 0 Å². The van der Waals surface area contributed by atoms with Crippen LogP contribution in [0.1, 0.15) is 26.7 Å². The van der Waals surface area contributed by atoms with Gasteiger partial charge in [-0.1, -0.05) is 13.8 Å². The Hall–Kier alpha value is -1.29. The van der Waals surface area contributed by atoms with Crippen molar-refractivity contribution >= 4 is 5.69 Å². The molecule has 0 spiro atoms. The summed E-state index contributed by atoms with van der Waals surface area (Å²) >= 11 is 0. The van der Waals surface area contributed by atoms with E-state index in [0.29, 0.717) is 24.0 Å². The molecule has 0 bridgehead atoms. The van der Waals surface area contributed by atoms with Crippen molar-refractivity contribution in [2.45, 2.75) is 26.7 Å². The molecule has 0 unspecified atom stereocenters. The maximum Gasteiger partial charge on any atom is 0.150 e. The van der Waals surface area contributed by atoms with Crippen LogP contribution in [-0.2, 0) is 0 Å². The topological polar surface area (TPSA) is 24.5 Å². The predicted octanol–water partition coefficient (Wildman–Crippen LogP) is 3.05. The van der Waals surface area contributed by atoms with Gasteiger partial charge in [-0.05, 0) is 37.4 Å². The van der Waals surface area contributed by atoms with Crippen molar-refractivity contribution in [3.63, 3.8) is 0 Å². The van der Waals surface area contributed by atoms with Crippen molar-refractivity contribution in [2.75, 3.05) is 37.7 Å². The summed E-state index contributed by atoms with van der Waals surface area (Å²) < 4.78 is 19.8. The lowest BCUT2D eigenvalue weighted by Gasteiger charge is -2.23. The Balaban J connectivity index is 1.97. The van der Waals surface area contributed by atoms with Gasteiger partial charge in [0.05, 0.1) is 12.3 Å². The molecule has 1 saturated heterocycles. The monoisotopic (exact) mass is 280 g/mol. The van der Waals surface area contributed by atoms with E-state index in [1.54, 1.807) is 0 Å². The first-order valence-corrected chi connectivity index (χ1v) is 7.55. The van der Waals surface area contributed by atoms with E-state index in [2.05, 4.69) is 24.1 Å². The summed E-state index contributed by atoms with van der Waals surface area (Å²) in [5, 5.41) is 3.33. The zero-order valence-electron chi connectivity index (χ0n) is 12.5. The molecule has 1 N–H and O–H groups in total. The number of nitrogens with one attached hydrogen (secondary N) is 1. The average molecular weight is 280 g/mol. The Morgan fingerprint density at radius 3 is 2.90 bits per heavy atom. The van der Waals surface area contributed by atoms with Gasteiger partial charge in [0, 0.05) is 25.7 Å². The fourth-order valence-electron chi connectivity index (χ4n) is 2.33. The molecule has 20 heavy (non-hydrogen) atoms. The van der Waals surface area contributed by atoms with Crippen LogP contribution in [0.2, 0.25) is 0 Å². The minimum Gasteiger partial charge on any atom is -0.493 e. The van der Waals surface area contributed by atoms with Gasteiger partial charge in [-0.3, -0.25) is 0 Å². The van der Waals surface area contributed by atoms with Gasteiger partial charge in [-0.2, -0.15) is 0 Å². The summed E-state index contributed by atoms with van der Waals surface area (Å²) in [4.78, 5) is 2.10. The van der Waals surface area contributed by atoms with Crippen molar-refractivity contribution < 1.29 is 9.13 Å². The SMILES string of the molecule is CC(C)CCOc1ccc(N2CCCNCC2)c(F)c1. The van der Waals surface area contributed by atoms with E-state index in [1.165, 1.54) is 6.07 Å². The molecule has 1 fully saturated rings. The summed E-state index contributed by atoms with van der Waals surface area (Å²) in [5.74, 6) is 1.04. The van der Waals surface area contributed by atoms with Crippen molar-refractivity contribution in [3.05, 3.63) is 24.0 Å². The van der Waals surface area contributed by atoms with E-state index in [-0.39, 0.29) is 5.82 Å². The molecule has 4 heteroatoms. The lowest BCUT2D eigenvalue weighted by Crippen LogP contribution is -2.28. The number of anilines is 1. The molecular formula is C16H25FN2O. The van der Waals surface area contributed by atoms with Gasteiger partial charge in [-0.15, -0.1) is 0 Å². The van der Waals surface area contributed by atoms with Crippen molar-refractivity contribution in [2.24, 2.45) is 5.92 Å². The fourth-order valence-corrected chi connectivity index (χ4v) is 2.33. The molecule has 0 radical (unpaired) electrons. The molecule has 0 saturated carbocycles. The first kappa shape index (κ1) is 15.1. The Labute approximate surface area is 121 Å². The highest BCUT2D eigenvalue weighted by Gasteiger charge is 2.14. The van der Waals surface area contributed by atoms with Crippen molar-refractivity contribution in [1.29, 1.82) is 0 Å². The van der Waals surface area contributed by atoms with Gasteiger partial charge in [0.25, 0.3) is 0 Å². The molecule has 112 valence electrons. The van der Waals surface area contributed by atoms with Gasteiger partial charge in [0.15, 0.2) is 0 Å². The number of nitrogens with zero attached hydrogens (tertiary/aromatic N) is 1. The Morgan fingerprint density at radius 1 is 1.30 bits per heavy atom. The molecule has 0 amide bonds. The summed E-state index contributed by atoms with van der Waals surface area (Å²) in [6, 6.07) is 5.22. The quantitative estimate of drug-likeness (QED) is 0.897. The normalized spacial score (nSPS) is 16.3. The van der Waals surface area contributed by atoms with E-state index < -0.39 is 0 Å². The van der Waals surface area contributed by atoms with Crippen LogP contribution < -0.4 is 15.0 Å². The summed E-state index contributed by atoms with van der Waals surface area (Å²) in [6.07, 6.45) is 2.03. The van der Waals surface area contributed by atoms with Crippen LogP contribution in [0.4, 0.5) is 10.1 Å². The highest BCUT2D eigenvalue weighted by Crippen LogP contribution is 2.25. The Kier molecular flexibility index (Phi) is 5.65. The van der Waals surface area contributed by atoms with E-state index in [9.17, 15) is 4.39 Å². The Bertz CT molecular complexity index is 415. The summed E-state index contributed by atoms with van der Waals surface area (Å²) in [5.41, 5.74) is 0.685. The first-order valence-electron chi connectivity index (χ1n) is 7.55. The molecule has 1 aliphatic heterocycles. The van der Waals surface area contributed by atoms with Crippen LogP contribution in [0.25, 0.3) is 0 Å². The number of hydrogen-bond acceptors (Lipinski definition) is 3. The molecular weight excluding hydrogens is 255 g/mol. The second-order valence-electron chi connectivity index (χ2n) is 5.73. The maximum atomic E-state index is 14.2. The van der Waals surface area contributed by atoms with Crippen LogP contribution in [0.15, 0.2) is 18.2 Å². The lowest BCUT2D eigenvalue weighted by molar-refractivity contribution is 0.288. The third kappa shape index (κ3) is 4.37. The number of rotatable bonds is 5. The highest BCUT2D eigenvalue weighted by atomic mass is 19.1. The average Bonchev–Trinajstić information content (AvgIpc) is 2.67. The zero-order valence-corrected chi connectivity index (χ0v) is 12.5. The molecule has 0 aliphatic carbocycles. The summed E-state index contributed by atoms with van der Waals surface area (Å²) in [7, 11) is 0. The van der Waals surface area contributed by atoms with Gasteiger partial charge in [-0.25, -0.2) is 4.39 Å².